The Kier molecular flexibility index (Phi) is 3.53. The second-order valence-electron chi connectivity index (χ2n) is 4.36. The molecule has 0 aliphatic heterocycles. The highest BCUT2D eigenvalue weighted by Gasteiger charge is 2.14. The van der Waals surface area contributed by atoms with Crippen LogP contribution in [-0.4, -0.2) is 21.0 Å². The SMILES string of the molecule is O=C(Nc1cccc2cc(Br)cnc12)c1ncccc1O. The van der Waals surface area contributed by atoms with Crippen LogP contribution in [0.3, 0.4) is 0 Å². The molecule has 2 heterocycles. The smallest absolute Gasteiger partial charge is 0.278 e. The van der Waals surface area contributed by atoms with Gasteiger partial charge in [0, 0.05) is 22.3 Å². The lowest BCUT2D eigenvalue weighted by atomic mass is 10.2. The van der Waals surface area contributed by atoms with Crippen molar-refractivity contribution in [3.63, 3.8) is 0 Å². The third kappa shape index (κ3) is 2.71. The molecule has 5 nitrogen and oxygen atoms in total. The van der Waals surface area contributed by atoms with Crippen molar-refractivity contribution in [2.45, 2.75) is 0 Å². The maximum absolute atomic E-state index is 12.2. The molecular formula is C15H10BrN3O2. The summed E-state index contributed by atoms with van der Waals surface area (Å²) in [5.74, 6) is -0.642. The standard InChI is InChI=1S/C15H10BrN3O2/c16-10-7-9-3-1-4-11(13(9)18-8-10)19-15(21)14-12(20)5-2-6-17-14/h1-8,20H,(H,19,21). The molecule has 0 fully saturated rings. The van der Waals surface area contributed by atoms with Gasteiger partial charge in [0.05, 0.1) is 11.2 Å². The number of benzene rings is 1. The average Bonchev–Trinajstić information content (AvgIpc) is 2.47. The number of carbonyl (C=O) groups excluding carboxylic acids is 1. The second-order valence-corrected chi connectivity index (χ2v) is 5.27. The molecule has 0 saturated heterocycles. The van der Waals surface area contributed by atoms with E-state index >= 15 is 0 Å². The Morgan fingerprint density at radius 3 is 2.86 bits per heavy atom. The lowest BCUT2D eigenvalue weighted by Crippen LogP contribution is -2.14. The van der Waals surface area contributed by atoms with E-state index in [1.165, 1.54) is 12.3 Å². The van der Waals surface area contributed by atoms with E-state index < -0.39 is 5.91 Å². The molecule has 104 valence electrons. The van der Waals surface area contributed by atoms with Crippen molar-refractivity contribution in [1.82, 2.24) is 9.97 Å². The fourth-order valence-electron chi connectivity index (χ4n) is 1.99. The minimum absolute atomic E-state index is 0.0217. The van der Waals surface area contributed by atoms with E-state index in [-0.39, 0.29) is 11.4 Å². The number of rotatable bonds is 2. The van der Waals surface area contributed by atoms with Crippen molar-refractivity contribution >= 4 is 38.4 Å². The molecule has 0 aliphatic rings. The molecular weight excluding hydrogens is 334 g/mol. The van der Waals surface area contributed by atoms with Gasteiger partial charge in [0.2, 0.25) is 0 Å². The highest BCUT2D eigenvalue weighted by atomic mass is 79.9. The van der Waals surface area contributed by atoms with Crippen molar-refractivity contribution in [2.24, 2.45) is 0 Å². The van der Waals surface area contributed by atoms with Gasteiger partial charge < -0.3 is 10.4 Å². The molecule has 0 spiro atoms. The first-order chi connectivity index (χ1) is 10.1. The number of hydrogen-bond donors (Lipinski definition) is 2. The van der Waals surface area contributed by atoms with Crippen LogP contribution < -0.4 is 5.32 Å². The molecule has 0 radical (unpaired) electrons. The minimum Gasteiger partial charge on any atom is -0.505 e. The third-order valence-corrected chi connectivity index (χ3v) is 3.36. The molecule has 3 rings (SSSR count). The molecule has 2 N–H and O–H groups in total. The quantitative estimate of drug-likeness (QED) is 0.748. The first-order valence-corrected chi connectivity index (χ1v) is 6.94. The average molecular weight is 344 g/mol. The van der Waals surface area contributed by atoms with Crippen LogP contribution >= 0.6 is 15.9 Å². The number of amides is 1. The Balaban J connectivity index is 1.99. The van der Waals surface area contributed by atoms with Crippen LogP contribution in [-0.2, 0) is 0 Å². The number of halogens is 1. The predicted octanol–water partition coefficient (Wildman–Crippen LogP) is 3.35. The summed E-state index contributed by atoms with van der Waals surface area (Å²) in [6.07, 6.45) is 3.11. The number of anilines is 1. The van der Waals surface area contributed by atoms with Gasteiger partial charge in [-0.15, -0.1) is 0 Å². The van der Waals surface area contributed by atoms with Gasteiger partial charge in [-0.25, -0.2) is 4.98 Å². The van der Waals surface area contributed by atoms with Crippen molar-refractivity contribution in [3.05, 3.63) is 59.0 Å². The Morgan fingerprint density at radius 1 is 1.19 bits per heavy atom. The molecule has 1 aromatic carbocycles. The van der Waals surface area contributed by atoms with Crippen molar-refractivity contribution in [3.8, 4) is 5.75 Å². The number of nitrogens with zero attached hydrogens (tertiary/aromatic N) is 2. The van der Waals surface area contributed by atoms with Crippen molar-refractivity contribution in [1.29, 1.82) is 0 Å². The Labute approximate surface area is 128 Å². The zero-order valence-electron chi connectivity index (χ0n) is 10.7. The monoisotopic (exact) mass is 343 g/mol. The van der Waals surface area contributed by atoms with Crippen LogP contribution in [0.4, 0.5) is 5.69 Å². The summed E-state index contributed by atoms with van der Waals surface area (Å²) in [5.41, 5.74) is 1.21. The lowest BCUT2D eigenvalue weighted by Gasteiger charge is -2.08. The number of aromatic nitrogens is 2. The summed E-state index contributed by atoms with van der Waals surface area (Å²) in [6, 6.07) is 10.4. The van der Waals surface area contributed by atoms with Gasteiger partial charge in [-0.1, -0.05) is 12.1 Å². The van der Waals surface area contributed by atoms with Gasteiger partial charge in [-0.05, 0) is 40.2 Å². The highest BCUT2D eigenvalue weighted by Crippen LogP contribution is 2.25. The predicted molar refractivity (Wildman–Crippen MR) is 83.3 cm³/mol. The fourth-order valence-corrected chi connectivity index (χ4v) is 2.34. The van der Waals surface area contributed by atoms with Crippen molar-refractivity contribution < 1.29 is 9.90 Å². The van der Waals surface area contributed by atoms with Gasteiger partial charge in [-0.2, -0.15) is 0 Å². The summed E-state index contributed by atoms with van der Waals surface area (Å²) < 4.78 is 0.862. The van der Waals surface area contributed by atoms with E-state index in [2.05, 4.69) is 31.2 Å². The van der Waals surface area contributed by atoms with Crippen LogP contribution in [0.1, 0.15) is 10.5 Å². The van der Waals surface area contributed by atoms with Crippen LogP contribution in [0.2, 0.25) is 0 Å². The summed E-state index contributed by atoms with van der Waals surface area (Å²) in [7, 11) is 0. The van der Waals surface area contributed by atoms with Gasteiger partial charge in [0.15, 0.2) is 5.69 Å². The van der Waals surface area contributed by atoms with E-state index in [1.807, 2.05) is 18.2 Å². The molecule has 0 atom stereocenters. The molecule has 0 bridgehead atoms. The van der Waals surface area contributed by atoms with E-state index in [0.717, 1.165) is 9.86 Å². The van der Waals surface area contributed by atoms with Gasteiger partial charge in [-0.3, -0.25) is 9.78 Å². The van der Waals surface area contributed by atoms with Crippen molar-refractivity contribution in [2.75, 3.05) is 5.32 Å². The summed E-state index contributed by atoms with van der Waals surface area (Å²) >= 11 is 3.36. The lowest BCUT2D eigenvalue weighted by molar-refractivity contribution is 0.101. The molecule has 0 aliphatic carbocycles. The van der Waals surface area contributed by atoms with E-state index in [9.17, 15) is 9.90 Å². The zero-order chi connectivity index (χ0) is 14.8. The summed E-state index contributed by atoms with van der Waals surface area (Å²) in [4.78, 5) is 20.4. The van der Waals surface area contributed by atoms with Gasteiger partial charge >= 0.3 is 0 Å². The Hall–Kier alpha value is -2.47. The molecule has 0 unspecified atom stereocenters. The Bertz CT molecular complexity index is 836. The molecule has 21 heavy (non-hydrogen) atoms. The molecule has 6 heteroatoms. The Morgan fingerprint density at radius 2 is 2.05 bits per heavy atom. The number of aromatic hydroxyl groups is 1. The topological polar surface area (TPSA) is 75.1 Å². The minimum atomic E-state index is -0.481. The summed E-state index contributed by atoms with van der Waals surface area (Å²) in [5, 5.41) is 13.3. The maximum Gasteiger partial charge on any atom is 0.278 e. The first kappa shape index (κ1) is 13.5. The van der Waals surface area contributed by atoms with E-state index in [0.29, 0.717) is 11.2 Å². The van der Waals surface area contributed by atoms with Gasteiger partial charge in [0.1, 0.15) is 5.75 Å². The molecule has 0 saturated carbocycles. The van der Waals surface area contributed by atoms with Crippen LogP contribution in [0.5, 0.6) is 5.75 Å². The first-order valence-electron chi connectivity index (χ1n) is 6.15. The van der Waals surface area contributed by atoms with E-state index in [4.69, 9.17) is 0 Å². The van der Waals surface area contributed by atoms with E-state index in [1.54, 1.807) is 18.3 Å². The number of hydrogen-bond acceptors (Lipinski definition) is 4. The zero-order valence-corrected chi connectivity index (χ0v) is 12.3. The number of carbonyl (C=O) groups is 1. The molecule has 2 aromatic heterocycles. The second kappa shape index (κ2) is 5.49. The number of nitrogens with one attached hydrogen (secondary N) is 1. The summed E-state index contributed by atoms with van der Waals surface area (Å²) in [6.45, 7) is 0. The largest absolute Gasteiger partial charge is 0.505 e. The molecule has 1 amide bonds. The maximum atomic E-state index is 12.2. The highest BCUT2D eigenvalue weighted by molar-refractivity contribution is 9.10. The number of pyridine rings is 2. The number of para-hydroxylation sites is 1. The van der Waals surface area contributed by atoms with Crippen LogP contribution in [0.15, 0.2) is 53.3 Å². The third-order valence-electron chi connectivity index (χ3n) is 2.93. The number of fused-ring (bicyclic) bond motifs is 1. The van der Waals surface area contributed by atoms with Crippen LogP contribution in [0.25, 0.3) is 10.9 Å². The fraction of sp³-hybridized carbons (Fsp3) is 0. The normalized spacial score (nSPS) is 10.5. The van der Waals surface area contributed by atoms with Gasteiger partial charge in [0.25, 0.3) is 5.91 Å². The van der Waals surface area contributed by atoms with Crippen LogP contribution in [0, 0.1) is 0 Å². The molecule has 3 aromatic rings.